The number of amides is 1. The zero-order chi connectivity index (χ0) is 10.3. The molecule has 1 heterocycles. The van der Waals surface area contributed by atoms with Gasteiger partial charge in [-0.25, -0.2) is 0 Å². The van der Waals surface area contributed by atoms with Crippen molar-refractivity contribution in [1.82, 2.24) is 0 Å². The molecule has 0 saturated carbocycles. The molecule has 2 rings (SSSR count). The third kappa shape index (κ3) is 1.38. The van der Waals surface area contributed by atoms with E-state index < -0.39 is 11.5 Å². The Kier molecular flexibility index (Phi) is 2.01. The van der Waals surface area contributed by atoms with Crippen molar-refractivity contribution < 1.29 is 9.53 Å². The number of halogens is 1. The summed E-state index contributed by atoms with van der Waals surface area (Å²) >= 11 is 5.74. The number of epoxide rings is 1. The second-order valence-electron chi connectivity index (χ2n) is 3.52. The Morgan fingerprint density at radius 3 is 2.50 bits per heavy atom. The molecule has 1 aliphatic heterocycles. The minimum Gasteiger partial charge on any atom is -0.367 e. The summed E-state index contributed by atoms with van der Waals surface area (Å²) in [6, 6.07) is 7.20. The van der Waals surface area contributed by atoms with Crippen molar-refractivity contribution >= 4 is 17.5 Å². The number of ether oxygens (including phenoxy) is 1. The van der Waals surface area contributed by atoms with Crippen molar-refractivity contribution in [3.05, 3.63) is 34.9 Å². The van der Waals surface area contributed by atoms with Crippen molar-refractivity contribution in [1.29, 1.82) is 0 Å². The largest absolute Gasteiger partial charge is 0.367 e. The molecule has 3 nitrogen and oxygen atoms in total. The van der Waals surface area contributed by atoms with Gasteiger partial charge < -0.3 is 10.5 Å². The van der Waals surface area contributed by atoms with Crippen molar-refractivity contribution in [2.45, 2.75) is 18.6 Å². The molecular formula is C10H10ClNO2. The fourth-order valence-corrected chi connectivity index (χ4v) is 1.55. The van der Waals surface area contributed by atoms with Gasteiger partial charge in [0.1, 0.15) is 6.10 Å². The number of hydrogen-bond acceptors (Lipinski definition) is 2. The van der Waals surface area contributed by atoms with E-state index in [1.165, 1.54) is 0 Å². The van der Waals surface area contributed by atoms with Gasteiger partial charge in [-0.1, -0.05) is 23.7 Å². The standard InChI is InChI=1S/C10H10ClNO2/c1-10(9(12)13)8(14-10)6-2-4-7(11)5-3-6/h2-5,8H,1H3,(H2,12,13)/t8-,10+/m0/s1. The average Bonchev–Trinajstić information content (AvgIpc) is 2.81. The van der Waals surface area contributed by atoms with Crippen LogP contribution in [0.3, 0.4) is 0 Å². The van der Waals surface area contributed by atoms with Crippen LogP contribution < -0.4 is 5.73 Å². The Morgan fingerprint density at radius 2 is 2.07 bits per heavy atom. The van der Waals surface area contributed by atoms with Crippen LogP contribution in [-0.2, 0) is 9.53 Å². The van der Waals surface area contributed by atoms with E-state index in [9.17, 15) is 4.79 Å². The highest BCUT2D eigenvalue weighted by Gasteiger charge is 2.58. The predicted octanol–water partition coefficient (Wildman–Crippen LogP) is 1.66. The Hall–Kier alpha value is -1.06. The topological polar surface area (TPSA) is 55.6 Å². The van der Waals surface area contributed by atoms with Crippen LogP contribution in [0.25, 0.3) is 0 Å². The third-order valence-corrected chi connectivity index (χ3v) is 2.72. The molecule has 0 unspecified atom stereocenters. The first kappa shape index (κ1) is 9.49. The van der Waals surface area contributed by atoms with Crippen LogP contribution in [0.2, 0.25) is 5.02 Å². The fourth-order valence-electron chi connectivity index (χ4n) is 1.42. The molecule has 1 fully saturated rings. The Bertz CT molecular complexity index is 376. The normalized spacial score (nSPS) is 30.0. The number of nitrogens with two attached hydrogens (primary N) is 1. The zero-order valence-electron chi connectivity index (χ0n) is 7.66. The summed E-state index contributed by atoms with van der Waals surface area (Å²) in [4.78, 5) is 11.0. The predicted molar refractivity (Wildman–Crippen MR) is 52.9 cm³/mol. The maximum absolute atomic E-state index is 11.0. The zero-order valence-corrected chi connectivity index (χ0v) is 8.41. The lowest BCUT2D eigenvalue weighted by Crippen LogP contribution is -2.29. The molecule has 0 aliphatic carbocycles. The van der Waals surface area contributed by atoms with Gasteiger partial charge >= 0.3 is 0 Å². The summed E-state index contributed by atoms with van der Waals surface area (Å²) < 4.78 is 5.27. The molecule has 4 heteroatoms. The number of primary amides is 1. The van der Waals surface area contributed by atoms with Gasteiger partial charge in [0.15, 0.2) is 5.60 Å². The van der Waals surface area contributed by atoms with Crippen LogP contribution in [0.4, 0.5) is 0 Å². The molecular weight excluding hydrogens is 202 g/mol. The van der Waals surface area contributed by atoms with E-state index in [4.69, 9.17) is 22.1 Å². The maximum atomic E-state index is 11.0. The minimum atomic E-state index is -0.839. The van der Waals surface area contributed by atoms with E-state index in [1.807, 2.05) is 12.1 Å². The maximum Gasteiger partial charge on any atom is 0.252 e. The molecule has 2 N–H and O–H groups in total. The van der Waals surface area contributed by atoms with Crippen LogP contribution in [0.5, 0.6) is 0 Å². The highest BCUT2D eigenvalue weighted by Crippen LogP contribution is 2.49. The summed E-state index contributed by atoms with van der Waals surface area (Å²) in [5.41, 5.74) is 5.29. The number of benzene rings is 1. The van der Waals surface area contributed by atoms with E-state index in [-0.39, 0.29) is 6.10 Å². The molecule has 0 aromatic heterocycles. The molecule has 0 spiro atoms. The first-order valence-corrected chi connectivity index (χ1v) is 4.65. The van der Waals surface area contributed by atoms with Gasteiger partial charge in [-0.3, -0.25) is 4.79 Å². The smallest absolute Gasteiger partial charge is 0.252 e. The quantitative estimate of drug-likeness (QED) is 0.757. The molecule has 0 bridgehead atoms. The number of hydrogen-bond donors (Lipinski definition) is 1. The van der Waals surface area contributed by atoms with Crippen LogP contribution >= 0.6 is 11.6 Å². The lowest BCUT2D eigenvalue weighted by molar-refractivity contribution is -0.122. The Labute approximate surface area is 86.8 Å². The van der Waals surface area contributed by atoms with Gasteiger partial charge in [0.05, 0.1) is 0 Å². The number of carbonyl (C=O) groups excluding carboxylic acids is 1. The van der Waals surface area contributed by atoms with E-state index >= 15 is 0 Å². The van der Waals surface area contributed by atoms with E-state index in [0.29, 0.717) is 5.02 Å². The lowest BCUT2D eigenvalue weighted by Gasteiger charge is -2.00. The molecule has 74 valence electrons. The Balaban J connectivity index is 2.21. The number of carbonyl (C=O) groups is 1. The monoisotopic (exact) mass is 211 g/mol. The minimum absolute atomic E-state index is 0.225. The molecule has 1 aromatic carbocycles. The lowest BCUT2D eigenvalue weighted by atomic mass is 10.0. The SMILES string of the molecule is C[C@@]1(C(N)=O)O[C@H]1c1ccc(Cl)cc1. The molecule has 1 amide bonds. The highest BCUT2D eigenvalue weighted by atomic mass is 35.5. The third-order valence-electron chi connectivity index (χ3n) is 2.47. The molecule has 1 aliphatic rings. The van der Waals surface area contributed by atoms with E-state index in [0.717, 1.165) is 5.56 Å². The van der Waals surface area contributed by atoms with Crippen molar-refractivity contribution in [3.63, 3.8) is 0 Å². The van der Waals surface area contributed by atoms with Gasteiger partial charge in [-0.15, -0.1) is 0 Å². The van der Waals surface area contributed by atoms with Crippen LogP contribution in [0.15, 0.2) is 24.3 Å². The van der Waals surface area contributed by atoms with Gasteiger partial charge in [0.2, 0.25) is 0 Å². The number of rotatable bonds is 2. The molecule has 2 atom stereocenters. The van der Waals surface area contributed by atoms with Crippen LogP contribution in [0.1, 0.15) is 18.6 Å². The first-order chi connectivity index (χ1) is 6.54. The van der Waals surface area contributed by atoms with Gasteiger partial charge in [-0.2, -0.15) is 0 Å². The fraction of sp³-hybridized carbons (Fsp3) is 0.300. The summed E-state index contributed by atoms with van der Waals surface area (Å²) in [6.07, 6.45) is -0.225. The highest BCUT2D eigenvalue weighted by molar-refractivity contribution is 6.30. The molecule has 1 aromatic rings. The van der Waals surface area contributed by atoms with Crippen LogP contribution in [0, 0.1) is 0 Å². The summed E-state index contributed by atoms with van der Waals surface area (Å²) in [5.74, 6) is -0.433. The molecule has 14 heavy (non-hydrogen) atoms. The van der Waals surface area contributed by atoms with Crippen molar-refractivity contribution in [2.75, 3.05) is 0 Å². The molecule has 0 radical (unpaired) electrons. The summed E-state index contributed by atoms with van der Waals surface area (Å²) in [7, 11) is 0. The second kappa shape index (κ2) is 2.97. The average molecular weight is 212 g/mol. The van der Waals surface area contributed by atoms with Gasteiger partial charge in [-0.05, 0) is 24.6 Å². The summed E-state index contributed by atoms with van der Waals surface area (Å²) in [5, 5.41) is 0.662. The van der Waals surface area contributed by atoms with E-state index in [2.05, 4.69) is 0 Å². The van der Waals surface area contributed by atoms with Crippen LogP contribution in [-0.4, -0.2) is 11.5 Å². The van der Waals surface area contributed by atoms with Gasteiger partial charge in [0, 0.05) is 5.02 Å². The Morgan fingerprint density at radius 1 is 1.50 bits per heavy atom. The second-order valence-corrected chi connectivity index (χ2v) is 3.96. The van der Waals surface area contributed by atoms with E-state index in [1.54, 1.807) is 19.1 Å². The molecule has 1 saturated heterocycles. The van der Waals surface area contributed by atoms with Crippen molar-refractivity contribution in [2.24, 2.45) is 5.73 Å². The summed E-state index contributed by atoms with van der Waals surface area (Å²) in [6.45, 7) is 1.69. The van der Waals surface area contributed by atoms with Gasteiger partial charge in [0.25, 0.3) is 5.91 Å². The van der Waals surface area contributed by atoms with Crippen molar-refractivity contribution in [3.8, 4) is 0 Å². The first-order valence-electron chi connectivity index (χ1n) is 4.27.